The van der Waals surface area contributed by atoms with E-state index in [4.69, 9.17) is 11.6 Å². The van der Waals surface area contributed by atoms with E-state index in [0.717, 1.165) is 30.7 Å². The van der Waals surface area contributed by atoms with Gasteiger partial charge in [0.1, 0.15) is 0 Å². The Hall–Kier alpha value is -0.670. The quantitative estimate of drug-likeness (QED) is 0.813. The number of nitrogens with zero attached hydrogens (tertiary/aromatic N) is 1. The van der Waals surface area contributed by atoms with Gasteiger partial charge in [-0.2, -0.15) is 0 Å². The lowest BCUT2D eigenvalue weighted by molar-refractivity contribution is 0.0733. The lowest BCUT2D eigenvalue weighted by atomic mass is 10.1. The minimum atomic E-state index is 0.0373. The summed E-state index contributed by atoms with van der Waals surface area (Å²) < 4.78 is 0. The van der Waals surface area contributed by atoms with Crippen molar-refractivity contribution in [1.82, 2.24) is 4.90 Å². The number of halogens is 1. The number of hydrogen-bond donors (Lipinski definition) is 1. The Morgan fingerprint density at radius 3 is 3.06 bits per heavy atom. The second-order valence-corrected chi connectivity index (χ2v) is 5.29. The van der Waals surface area contributed by atoms with Gasteiger partial charge < -0.3 is 4.90 Å². The lowest BCUT2D eigenvalue weighted by Crippen LogP contribution is -2.35. The number of hydrogen-bond acceptors (Lipinski definition) is 2. The molecule has 1 aromatic rings. The fourth-order valence-electron chi connectivity index (χ4n) is 2.36. The topological polar surface area (TPSA) is 20.3 Å². The number of carbonyl (C=O) groups excluding carboxylic acids is 1. The van der Waals surface area contributed by atoms with E-state index in [2.05, 4.69) is 19.6 Å². The zero-order chi connectivity index (χ0) is 12.4. The highest BCUT2D eigenvalue weighted by Gasteiger charge is 2.28. The maximum absolute atomic E-state index is 12.4. The van der Waals surface area contributed by atoms with Gasteiger partial charge >= 0.3 is 0 Å². The van der Waals surface area contributed by atoms with Gasteiger partial charge in [-0.15, -0.1) is 12.6 Å². The van der Waals surface area contributed by atoms with Crippen LogP contribution in [0.1, 0.15) is 36.5 Å². The predicted octanol–water partition coefficient (Wildman–Crippen LogP) is 3.64. The van der Waals surface area contributed by atoms with Gasteiger partial charge in [-0.1, -0.05) is 18.5 Å². The van der Waals surface area contributed by atoms with Crippen LogP contribution in [0, 0.1) is 0 Å². The van der Waals surface area contributed by atoms with Crippen LogP contribution in [0.5, 0.6) is 0 Å². The van der Waals surface area contributed by atoms with E-state index in [-0.39, 0.29) is 5.91 Å². The molecule has 1 amide bonds. The molecule has 17 heavy (non-hydrogen) atoms. The first-order chi connectivity index (χ1) is 8.13. The molecule has 4 heteroatoms. The molecule has 1 atom stereocenters. The summed E-state index contributed by atoms with van der Waals surface area (Å²) in [5, 5.41) is 0.509. The summed E-state index contributed by atoms with van der Waals surface area (Å²) in [5.74, 6) is 0.0373. The number of rotatable bonds is 2. The van der Waals surface area contributed by atoms with Crippen LogP contribution in [0.25, 0.3) is 0 Å². The van der Waals surface area contributed by atoms with Gasteiger partial charge in [0.15, 0.2) is 0 Å². The Bertz CT molecular complexity index is 435. The molecule has 0 radical (unpaired) electrons. The highest BCUT2D eigenvalue weighted by Crippen LogP contribution is 2.26. The van der Waals surface area contributed by atoms with Crippen LogP contribution in [0.15, 0.2) is 23.1 Å². The molecule has 1 saturated heterocycles. The summed E-state index contributed by atoms with van der Waals surface area (Å²) in [7, 11) is 0. The Labute approximate surface area is 112 Å². The van der Waals surface area contributed by atoms with Crippen molar-refractivity contribution in [3.8, 4) is 0 Å². The van der Waals surface area contributed by atoms with Crippen molar-refractivity contribution in [2.24, 2.45) is 0 Å². The van der Waals surface area contributed by atoms with Gasteiger partial charge in [0.2, 0.25) is 0 Å². The van der Waals surface area contributed by atoms with Crippen LogP contribution in [0.3, 0.4) is 0 Å². The van der Waals surface area contributed by atoms with E-state index >= 15 is 0 Å². The molecule has 1 aliphatic rings. The lowest BCUT2D eigenvalue weighted by Gasteiger charge is -2.24. The Morgan fingerprint density at radius 2 is 2.35 bits per heavy atom. The number of amides is 1. The first kappa shape index (κ1) is 12.8. The molecule has 92 valence electrons. The molecule has 0 aliphatic carbocycles. The van der Waals surface area contributed by atoms with Gasteiger partial charge in [0.05, 0.1) is 10.6 Å². The van der Waals surface area contributed by atoms with Gasteiger partial charge in [0.25, 0.3) is 5.91 Å². The summed E-state index contributed by atoms with van der Waals surface area (Å²) in [5.41, 5.74) is 0.569. The summed E-state index contributed by atoms with van der Waals surface area (Å²) >= 11 is 10.3. The molecule has 0 bridgehead atoms. The number of likely N-dealkylation sites (tertiary alicyclic amines) is 1. The Morgan fingerprint density at radius 1 is 1.59 bits per heavy atom. The Balaban J connectivity index is 2.27. The summed E-state index contributed by atoms with van der Waals surface area (Å²) in [6, 6.07) is 5.64. The third kappa shape index (κ3) is 2.61. The first-order valence-corrected chi connectivity index (χ1v) is 6.75. The molecule has 1 fully saturated rings. The SMILES string of the molecule is CCC1CCCN1C(=O)c1cc(S)ccc1Cl. The molecule has 2 nitrogen and oxygen atoms in total. The third-order valence-corrected chi connectivity index (χ3v) is 3.90. The second-order valence-electron chi connectivity index (χ2n) is 4.37. The maximum Gasteiger partial charge on any atom is 0.255 e. The van der Waals surface area contributed by atoms with E-state index in [1.54, 1.807) is 18.2 Å². The molecule has 0 N–H and O–H groups in total. The average molecular weight is 270 g/mol. The molecular formula is C13H16ClNOS. The average Bonchev–Trinajstić information content (AvgIpc) is 2.79. The zero-order valence-electron chi connectivity index (χ0n) is 9.82. The van der Waals surface area contributed by atoms with Gasteiger partial charge in [0, 0.05) is 17.5 Å². The molecule has 1 aliphatic heterocycles. The summed E-state index contributed by atoms with van der Waals surface area (Å²) in [4.78, 5) is 15.1. The fourth-order valence-corrected chi connectivity index (χ4v) is 2.76. The van der Waals surface area contributed by atoms with E-state index in [9.17, 15) is 4.79 Å². The van der Waals surface area contributed by atoms with Gasteiger partial charge in [-0.25, -0.2) is 0 Å². The number of benzene rings is 1. The highest BCUT2D eigenvalue weighted by atomic mass is 35.5. The molecule has 0 spiro atoms. The minimum Gasteiger partial charge on any atom is -0.336 e. The van der Waals surface area contributed by atoms with E-state index in [1.807, 2.05) is 4.90 Å². The van der Waals surface area contributed by atoms with E-state index in [1.165, 1.54) is 0 Å². The van der Waals surface area contributed by atoms with Crippen molar-refractivity contribution in [3.63, 3.8) is 0 Å². The molecule has 1 aromatic carbocycles. The van der Waals surface area contributed by atoms with Crippen molar-refractivity contribution < 1.29 is 4.79 Å². The fraction of sp³-hybridized carbons (Fsp3) is 0.462. The van der Waals surface area contributed by atoms with Crippen molar-refractivity contribution >= 4 is 30.1 Å². The second kappa shape index (κ2) is 5.32. The van der Waals surface area contributed by atoms with Crippen molar-refractivity contribution in [1.29, 1.82) is 0 Å². The molecule has 1 unspecified atom stereocenters. The first-order valence-electron chi connectivity index (χ1n) is 5.93. The molecule has 0 aromatic heterocycles. The molecule has 2 rings (SSSR count). The smallest absolute Gasteiger partial charge is 0.255 e. The summed E-state index contributed by atoms with van der Waals surface area (Å²) in [6.07, 6.45) is 3.19. The molecular weight excluding hydrogens is 254 g/mol. The van der Waals surface area contributed by atoms with Crippen molar-refractivity contribution in [2.45, 2.75) is 37.1 Å². The highest BCUT2D eigenvalue weighted by molar-refractivity contribution is 7.80. The largest absolute Gasteiger partial charge is 0.336 e. The zero-order valence-corrected chi connectivity index (χ0v) is 11.5. The minimum absolute atomic E-state index is 0.0373. The van der Waals surface area contributed by atoms with Crippen LogP contribution < -0.4 is 0 Å². The van der Waals surface area contributed by atoms with Crippen molar-refractivity contribution in [2.75, 3.05) is 6.54 Å². The van der Waals surface area contributed by atoms with Gasteiger partial charge in [-0.05, 0) is 37.5 Å². The Kier molecular flexibility index (Phi) is 4.00. The van der Waals surface area contributed by atoms with E-state index < -0.39 is 0 Å². The van der Waals surface area contributed by atoms with Crippen LogP contribution in [0.4, 0.5) is 0 Å². The number of carbonyl (C=O) groups is 1. The third-order valence-electron chi connectivity index (χ3n) is 3.29. The van der Waals surface area contributed by atoms with E-state index in [0.29, 0.717) is 16.6 Å². The van der Waals surface area contributed by atoms with Crippen LogP contribution in [0.2, 0.25) is 5.02 Å². The predicted molar refractivity (Wildman–Crippen MR) is 73.1 cm³/mol. The van der Waals surface area contributed by atoms with Gasteiger partial charge in [-0.3, -0.25) is 4.79 Å². The van der Waals surface area contributed by atoms with Crippen LogP contribution >= 0.6 is 24.2 Å². The summed E-state index contributed by atoms with van der Waals surface area (Å²) in [6.45, 7) is 2.96. The molecule has 0 saturated carbocycles. The standard InChI is InChI=1S/C13H16ClNOS/c1-2-9-4-3-7-15(9)13(16)11-8-10(17)5-6-12(11)14/h5-6,8-9,17H,2-4,7H2,1H3. The monoisotopic (exact) mass is 269 g/mol. The van der Waals surface area contributed by atoms with Crippen molar-refractivity contribution in [3.05, 3.63) is 28.8 Å². The van der Waals surface area contributed by atoms with Crippen LogP contribution in [-0.2, 0) is 0 Å². The number of thiol groups is 1. The normalized spacial score (nSPS) is 19.7. The maximum atomic E-state index is 12.4. The molecule has 1 heterocycles. The van der Waals surface area contributed by atoms with Crippen LogP contribution in [-0.4, -0.2) is 23.4 Å².